The molecule has 0 aliphatic heterocycles. The van der Waals surface area contributed by atoms with Crippen LogP contribution in [0.5, 0.6) is 0 Å². The highest BCUT2D eigenvalue weighted by atomic mass is 16.5. The molecule has 0 rings (SSSR count). The smallest absolute Gasteiger partial charge is 0.0471 e. The summed E-state index contributed by atoms with van der Waals surface area (Å²) in [7, 11) is 0. The first-order valence-corrected chi connectivity index (χ1v) is 5.55. The molecule has 2 nitrogen and oxygen atoms in total. The third-order valence-corrected chi connectivity index (χ3v) is 2.47. The molecule has 0 atom stereocenters. The summed E-state index contributed by atoms with van der Waals surface area (Å²) in [6, 6.07) is 0. The van der Waals surface area contributed by atoms with Gasteiger partial charge in [0.25, 0.3) is 0 Å². The maximum absolute atomic E-state index is 5.63. The Bertz CT molecular complexity index is 147. The zero-order chi connectivity index (χ0) is 11.2. The van der Waals surface area contributed by atoms with Crippen LogP contribution in [0.4, 0.5) is 0 Å². The highest BCUT2D eigenvalue weighted by molar-refractivity contribution is 4.68. The van der Waals surface area contributed by atoms with Gasteiger partial charge in [0.05, 0.1) is 0 Å². The van der Waals surface area contributed by atoms with Crippen molar-refractivity contribution in [1.29, 1.82) is 0 Å². The van der Waals surface area contributed by atoms with Gasteiger partial charge >= 0.3 is 0 Å². The lowest BCUT2D eigenvalue weighted by molar-refractivity contribution is 0.0862. The third-order valence-electron chi connectivity index (χ3n) is 2.47. The molecular weight excluding hydrogens is 174 g/mol. The highest BCUT2D eigenvalue weighted by Gasteiger charge is 2.15. The molecule has 86 valence electrons. The average Bonchev–Trinajstić information content (AvgIpc) is 2.01. The molecule has 0 aromatic rings. The highest BCUT2D eigenvalue weighted by Crippen LogP contribution is 2.20. The van der Waals surface area contributed by atoms with Gasteiger partial charge in [-0.1, -0.05) is 34.6 Å². The summed E-state index contributed by atoms with van der Waals surface area (Å²) in [5.74, 6) is 0. The predicted octanol–water partition coefficient (Wildman–Crippen LogP) is 2.81. The summed E-state index contributed by atoms with van der Waals surface area (Å²) in [4.78, 5) is 0. The van der Waals surface area contributed by atoms with E-state index >= 15 is 0 Å². The lowest BCUT2D eigenvalue weighted by Crippen LogP contribution is -2.25. The van der Waals surface area contributed by atoms with E-state index in [0.717, 1.165) is 32.6 Å². The molecule has 14 heavy (non-hydrogen) atoms. The molecule has 0 unspecified atom stereocenters. The normalized spacial score (nSPS) is 13.3. The molecule has 0 aromatic carbocycles. The van der Waals surface area contributed by atoms with Gasteiger partial charge in [-0.25, -0.2) is 0 Å². The largest absolute Gasteiger partial charge is 0.381 e. The Balaban J connectivity index is 3.39. The van der Waals surface area contributed by atoms with Crippen molar-refractivity contribution in [1.82, 2.24) is 0 Å². The Morgan fingerprint density at radius 3 is 1.86 bits per heavy atom. The van der Waals surface area contributed by atoms with Crippen LogP contribution in [0, 0.1) is 10.8 Å². The van der Waals surface area contributed by atoms with Crippen LogP contribution in [0.3, 0.4) is 0 Å². The number of hydrogen-bond donors (Lipinski definition) is 1. The van der Waals surface area contributed by atoms with E-state index in [4.69, 9.17) is 10.5 Å². The Labute approximate surface area is 89.2 Å². The first-order valence-electron chi connectivity index (χ1n) is 5.55. The third kappa shape index (κ3) is 8.52. The monoisotopic (exact) mass is 201 g/mol. The maximum Gasteiger partial charge on any atom is 0.0471 e. The first-order chi connectivity index (χ1) is 6.27. The van der Waals surface area contributed by atoms with E-state index in [1.807, 2.05) is 0 Å². The van der Waals surface area contributed by atoms with Crippen LogP contribution in [-0.4, -0.2) is 19.8 Å². The van der Waals surface area contributed by atoms with Crippen molar-refractivity contribution >= 4 is 0 Å². The van der Waals surface area contributed by atoms with Crippen molar-refractivity contribution in [3.8, 4) is 0 Å². The fourth-order valence-electron chi connectivity index (χ4n) is 0.931. The zero-order valence-corrected chi connectivity index (χ0v) is 10.5. The van der Waals surface area contributed by atoms with Crippen LogP contribution in [0.1, 0.15) is 47.5 Å². The SMILES string of the molecule is CC(C)(C)CCOCCC(C)(C)CN. The molecule has 0 radical (unpaired) electrons. The van der Waals surface area contributed by atoms with Crippen molar-refractivity contribution < 1.29 is 4.74 Å². The number of rotatable bonds is 6. The summed E-state index contributed by atoms with van der Waals surface area (Å²) in [5, 5.41) is 0. The van der Waals surface area contributed by atoms with Crippen molar-refractivity contribution in [2.75, 3.05) is 19.8 Å². The van der Waals surface area contributed by atoms with E-state index in [9.17, 15) is 0 Å². The molecule has 0 spiro atoms. The van der Waals surface area contributed by atoms with Gasteiger partial charge in [0, 0.05) is 13.2 Å². The van der Waals surface area contributed by atoms with Gasteiger partial charge in [-0.3, -0.25) is 0 Å². The van der Waals surface area contributed by atoms with Crippen LogP contribution >= 0.6 is 0 Å². The molecule has 0 fully saturated rings. The van der Waals surface area contributed by atoms with Gasteiger partial charge in [0.15, 0.2) is 0 Å². The quantitative estimate of drug-likeness (QED) is 0.671. The minimum Gasteiger partial charge on any atom is -0.381 e. The van der Waals surface area contributed by atoms with E-state index in [1.165, 1.54) is 0 Å². The van der Waals surface area contributed by atoms with E-state index in [-0.39, 0.29) is 5.41 Å². The van der Waals surface area contributed by atoms with Gasteiger partial charge in [-0.2, -0.15) is 0 Å². The van der Waals surface area contributed by atoms with Crippen molar-refractivity contribution in [3.05, 3.63) is 0 Å². The second-order valence-corrected chi connectivity index (χ2v) is 6.04. The fraction of sp³-hybridized carbons (Fsp3) is 1.00. The number of nitrogens with two attached hydrogens (primary N) is 1. The lowest BCUT2D eigenvalue weighted by atomic mass is 9.90. The maximum atomic E-state index is 5.63. The van der Waals surface area contributed by atoms with E-state index in [0.29, 0.717) is 5.41 Å². The van der Waals surface area contributed by atoms with Crippen LogP contribution in [-0.2, 0) is 4.74 Å². The molecule has 0 heterocycles. The molecule has 2 N–H and O–H groups in total. The summed E-state index contributed by atoms with van der Waals surface area (Å²) in [6.07, 6.45) is 2.17. The molecule has 0 saturated heterocycles. The lowest BCUT2D eigenvalue weighted by Gasteiger charge is -2.23. The summed E-state index contributed by atoms with van der Waals surface area (Å²) in [5.41, 5.74) is 6.24. The number of ether oxygens (including phenoxy) is 1. The number of hydrogen-bond acceptors (Lipinski definition) is 2. The van der Waals surface area contributed by atoms with Crippen LogP contribution in [0.25, 0.3) is 0 Å². The fourth-order valence-corrected chi connectivity index (χ4v) is 0.931. The van der Waals surface area contributed by atoms with Crippen molar-refractivity contribution in [2.45, 2.75) is 47.5 Å². The van der Waals surface area contributed by atoms with Gasteiger partial charge < -0.3 is 10.5 Å². The first kappa shape index (κ1) is 13.9. The second-order valence-electron chi connectivity index (χ2n) is 6.04. The van der Waals surface area contributed by atoms with E-state index in [2.05, 4.69) is 34.6 Å². The van der Waals surface area contributed by atoms with Gasteiger partial charge in [0.2, 0.25) is 0 Å². The minimum atomic E-state index is 0.224. The average molecular weight is 201 g/mol. The van der Waals surface area contributed by atoms with Crippen LogP contribution in [0.15, 0.2) is 0 Å². The van der Waals surface area contributed by atoms with Crippen LogP contribution in [0.2, 0.25) is 0 Å². The van der Waals surface area contributed by atoms with Crippen molar-refractivity contribution in [3.63, 3.8) is 0 Å². The van der Waals surface area contributed by atoms with Gasteiger partial charge in [-0.15, -0.1) is 0 Å². The Hall–Kier alpha value is -0.0800. The standard InChI is InChI=1S/C12H27NO/c1-11(2,3)6-8-14-9-7-12(4,5)10-13/h6-10,13H2,1-5H3. The topological polar surface area (TPSA) is 35.2 Å². The van der Waals surface area contributed by atoms with Gasteiger partial charge in [-0.05, 0) is 30.2 Å². The molecule has 0 saturated carbocycles. The predicted molar refractivity (Wildman–Crippen MR) is 62.3 cm³/mol. The summed E-state index contributed by atoms with van der Waals surface area (Å²) < 4.78 is 5.59. The Kier molecular flexibility index (Phi) is 5.68. The zero-order valence-electron chi connectivity index (χ0n) is 10.5. The molecule has 0 aliphatic rings. The summed E-state index contributed by atoms with van der Waals surface area (Å²) in [6.45, 7) is 13.5. The Morgan fingerprint density at radius 2 is 1.43 bits per heavy atom. The molecular formula is C12H27NO. The second kappa shape index (κ2) is 5.72. The van der Waals surface area contributed by atoms with Crippen LogP contribution < -0.4 is 5.73 Å². The molecule has 0 bridgehead atoms. The summed E-state index contributed by atoms with van der Waals surface area (Å²) >= 11 is 0. The van der Waals surface area contributed by atoms with Crippen molar-refractivity contribution in [2.24, 2.45) is 16.6 Å². The van der Waals surface area contributed by atoms with Gasteiger partial charge in [0.1, 0.15) is 0 Å². The van der Waals surface area contributed by atoms with E-state index in [1.54, 1.807) is 0 Å². The molecule has 0 aromatic heterocycles. The molecule has 0 amide bonds. The minimum absolute atomic E-state index is 0.224. The Morgan fingerprint density at radius 1 is 0.929 bits per heavy atom. The van der Waals surface area contributed by atoms with E-state index < -0.39 is 0 Å². The molecule has 0 aliphatic carbocycles. The molecule has 2 heteroatoms.